The summed E-state index contributed by atoms with van der Waals surface area (Å²) in [5, 5.41) is 0. The summed E-state index contributed by atoms with van der Waals surface area (Å²) < 4.78 is 0. The minimum absolute atomic E-state index is 0.660. The fourth-order valence-electron chi connectivity index (χ4n) is 2.77. The standard InChI is InChI=1S/C23H27N/c1-9-11-17(7)18(8)23(22(15(3)4)16(5)6)20-13-12-19(10-2)14-21(20)24/h2,9,11-14H,3,5,24H2,1,4,6-8H3/b11-9-,18-17+. The predicted octanol–water partition coefficient (Wildman–Crippen LogP) is 6.07. The van der Waals surface area contributed by atoms with Crippen molar-refractivity contribution in [3.8, 4) is 12.3 Å². The summed E-state index contributed by atoms with van der Waals surface area (Å²) in [5.74, 6) is 2.63. The third kappa shape index (κ3) is 4.18. The molecule has 1 aromatic rings. The number of terminal acetylenes is 1. The molecule has 0 heterocycles. The number of hydrogen-bond acceptors (Lipinski definition) is 1. The van der Waals surface area contributed by atoms with Crippen LogP contribution in [-0.4, -0.2) is 0 Å². The Morgan fingerprint density at radius 1 is 1.12 bits per heavy atom. The van der Waals surface area contributed by atoms with Crippen LogP contribution >= 0.6 is 0 Å². The molecule has 0 atom stereocenters. The number of allylic oxidation sites excluding steroid dienone is 8. The van der Waals surface area contributed by atoms with E-state index in [2.05, 4.69) is 39.0 Å². The van der Waals surface area contributed by atoms with Crippen LogP contribution in [0.15, 0.2) is 71.4 Å². The molecule has 0 aliphatic heterocycles. The van der Waals surface area contributed by atoms with Crippen LogP contribution in [0.25, 0.3) is 5.57 Å². The monoisotopic (exact) mass is 317 g/mol. The molecule has 0 aliphatic rings. The summed E-state index contributed by atoms with van der Waals surface area (Å²) in [6, 6.07) is 5.73. The van der Waals surface area contributed by atoms with Gasteiger partial charge in [-0.1, -0.05) is 48.4 Å². The van der Waals surface area contributed by atoms with Crippen molar-refractivity contribution in [3.63, 3.8) is 0 Å². The van der Waals surface area contributed by atoms with Crippen molar-refractivity contribution in [1.29, 1.82) is 0 Å². The second kappa shape index (κ2) is 8.22. The van der Waals surface area contributed by atoms with E-state index in [1.165, 1.54) is 5.57 Å². The van der Waals surface area contributed by atoms with Gasteiger partial charge in [0.15, 0.2) is 0 Å². The van der Waals surface area contributed by atoms with Crippen molar-refractivity contribution in [3.05, 3.63) is 82.5 Å². The van der Waals surface area contributed by atoms with E-state index < -0.39 is 0 Å². The molecule has 2 N–H and O–H groups in total. The number of nitrogens with two attached hydrogens (primary N) is 1. The van der Waals surface area contributed by atoms with Gasteiger partial charge in [-0.05, 0) is 69.0 Å². The van der Waals surface area contributed by atoms with Gasteiger partial charge < -0.3 is 5.73 Å². The maximum Gasteiger partial charge on any atom is 0.0406 e. The maximum absolute atomic E-state index is 6.32. The molecular formula is C23H27N. The first-order valence-electron chi connectivity index (χ1n) is 7.97. The first-order valence-corrected chi connectivity index (χ1v) is 7.97. The van der Waals surface area contributed by atoms with E-state index in [0.717, 1.165) is 39.0 Å². The fourth-order valence-corrected chi connectivity index (χ4v) is 2.77. The average molecular weight is 317 g/mol. The third-order valence-corrected chi connectivity index (χ3v) is 3.97. The zero-order valence-electron chi connectivity index (χ0n) is 15.5. The highest BCUT2D eigenvalue weighted by Gasteiger charge is 2.17. The Balaban J connectivity index is 3.91. The lowest BCUT2D eigenvalue weighted by atomic mass is 9.85. The van der Waals surface area contributed by atoms with Crippen molar-refractivity contribution >= 4 is 11.3 Å². The summed E-state index contributed by atoms with van der Waals surface area (Å²) in [5.41, 5.74) is 15.1. The largest absolute Gasteiger partial charge is 0.398 e. The first-order chi connectivity index (χ1) is 11.2. The molecule has 0 spiro atoms. The number of anilines is 1. The molecule has 1 heteroatoms. The topological polar surface area (TPSA) is 26.0 Å². The molecule has 0 bridgehead atoms. The molecule has 1 aromatic carbocycles. The quantitative estimate of drug-likeness (QED) is 0.398. The predicted molar refractivity (Wildman–Crippen MR) is 109 cm³/mol. The van der Waals surface area contributed by atoms with Crippen molar-refractivity contribution in [1.82, 2.24) is 0 Å². The zero-order valence-corrected chi connectivity index (χ0v) is 15.5. The minimum Gasteiger partial charge on any atom is -0.398 e. The van der Waals surface area contributed by atoms with E-state index in [4.69, 9.17) is 12.2 Å². The average Bonchev–Trinajstić information content (AvgIpc) is 2.51. The van der Waals surface area contributed by atoms with Gasteiger partial charge in [-0.2, -0.15) is 0 Å². The lowest BCUT2D eigenvalue weighted by Gasteiger charge is -2.20. The lowest BCUT2D eigenvalue weighted by molar-refractivity contribution is 1.30. The molecule has 0 radical (unpaired) electrons. The number of benzene rings is 1. The smallest absolute Gasteiger partial charge is 0.0406 e. The van der Waals surface area contributed by atoms with Crippen LogP contribution in [0.2, 0.25) is 0 Å². The highest BCUT2D eigenvalue weighted by atomic mass is 14.6. The molecule has 0 aliphatic carbocycles. The lowest BCUT2D eigenvalue weighted by Crippen LogP contribution is -2.02. The van der Waals surface area contributed by atoms with Gasteiger partial charge in [0.25, 0.3) is 0 Å². The van der Waals surface area contributed by atoms with Crippen LogP contribution in [-0.2, 0) is 0 Å². The Bertz CT molecular complexity index is 789. The van der Waals surface area contributed by atoms with E-state index >= 15 is 0 Å². The van der Waals surface area contributed by atoms with Gasteiger partial charge in [0.2, 0.25) is 0 Å². The molecule has 0 saturated heterocycles. The van der Waals surface area contributed by atoms with Crippen LogP contribution in [0.1, 0.15) is 45.7 Å². The molecule has 0 unspecified atom stereocenters. The van der Waals surface area contributed by atoms with E-state index in [1.807, 2.05) is 45.0 Å². The van der Waals surface area contributed by atoms with Crippen molar-refractivity contribution in [2.24, 2.45) is 0 Å². The molecule has 0 saturated carbocycles. The van der Waals surface area contributed by atoms with Gasteiger partial charge in [-0.25, -0.2) is 0 Å². The fraction of sp³-hybridized carbons (Fsp3) is 0.217. The number of rotatable bonds is 5. The molecule has 1 nitrogen and oxygen atoms in total. The summed E-state index contributed by atoms with van der Waals surface area (Å²) in [4.78, 5) is 0. The molecular weight excluding hydrogens is 290 g/mol. The van der Waals surface area contributed by atoms with E-state index in [1.54, 1.807) is 0 Å². The number of nitrogen functional groups attached to an aromatic ring is 1. The van der Waals surface area contributed by atoms with E-state index in [9.17, 15) is 0 Å². The van der Waals surface area contributed by atoms with Gasteiger partial charge in [-0.15, -0.1) is 6.42 Å². The van der Waals surface area contributed by atoms with Crippen LogP contribution in [0.3, 0.4) is 0 Å². The van der Waals surface area contributed by atoms with Crippen LogP contribution in [0.5, 0.6) is 0 Å². The van der Waals surface area contributed by atoms with Gasteiger partial charge in [0.05, 0.1) is 0 Å². The molecule has 0 amide bonds. The highest BCUT2D eigenvalue weighted by Crippen LogP contribution is 2.37. The highest BCUT2D eigenvalue weighted by molar-refractivity contribution is 5.91. The summed E-state index contributed by atoms with van der Waals surface area (Å²) in [7, 11) is 0. The van der Waals surface area contributed by atoms with Gasteiger partial charge >= 0.3 is 0 Å². The molecule has 0 fully saturated rings. The SMILES string of the molecule is C#Cc1ccc(C(=C(C(=C)C)C(=C)C)/C(C)=C(C)/C=C\C)c(N)c1. The number of hydrogen-bond donors (Lipinski definition) is 1. The normalized spacial score (nSPS) is 11.7. The Labute approximate surface area is 147 Å². The van der Waals surface area contributed by atoms with Gasteiger partial charge in [0.1, 0.15) is 0 Å². The van der Waals surface area contributed by atoms with Crippen molar-refractivity contribution < 1.29 is 0 Å². The Kier molecular flexibility index (Phi) is 6.62. The zero-order chi connectivity index (χ0) is 18.4. The van der Waals surface area contributed by atoms with Gasteiger partial charge in [-0.3, -0.25) is 0 Å². The van der Waals surface area contributed by atoms with E-state index in [-0.39, 0.29) is 0 Å². The first kappa shape index (κ1) is 19.3. The molecule has 0 aromatic heterocycles. The molecule has 124 valence electrons. The van der Waals surface area contributed by atoms with E-state index in [0.29, 0.717) is 5.69 Å². The second-order valence-electron chi connectivity index (χ2n) is 6.07. The Morgan fingerprint density at radius 2 is 1.71 bits per heavy atom. The maximum atomic E-state index is 6.32. The van der Waals surface area contributed by atoms with Crippen LogP contribution in [0.4, 0.5) is 5.69 Å². The van der Waals surface area contributed by atoms with Crippen LogP contribution in [0, 0.1) is 12.3 Å². The summed E-state index contributed by atoms with van der Waals surface area (Å²) in [6.45, 7) is 18.5. The van der Waals surface area contributed by atoms with Crippen LogP contribution < -0.4 is 5.73 Å². The second-order valence-corrected chi connectivity index (χ2v) is 6.07. The Hall–Kier alpha value is -2.72. The van der Waals surface area contributed by atoms with Crippen molar-refractivity contribution in [2.45, 2.75) is 34.6 Å². The van der Waals surface area contributed by atoms with Gasteiger partial charge in [0, 0.05) is 16.8 Å². The summed E-state index contributed by atoms with van der Waals surface area (Å²) >= 11 is 0. The minimum atomic E-state index is 0.660. The third-order valence-electron chi connectivity index (χ3n) is 3.97. The molecule has 24 heavy (non-hydrogen) atoms. The molecule has 1 rings (SSSR count). The Morgan fingerprint density at radius 3 is 2.12 bits per heavy atom. The summed E-state index contributed by atoms with van der Waals surface area (Å²) in [6.07, 6.45) is 9.61. The van der Waals surface area contributed by atoms with Crippen molar-refractivity contribution in [2.75, 3.05) is 5.73 Å².